The highest BCUT2D eigenvalue weighted by Crippen LogP contribution is 2.10. The SMILES string of the molecule is CN=C(NCCCCn1cnnc1)NCCc1ccc(F)cc1C. The first-order valence-electron chi connectivity index (χ1n) is 8.21. The average molecular weight is 332 g/mol. The molecule has 0 aliphatic rings. The molecule has 7 heteroatoms. The molecule has 2 N–H and O–H groups in total. The lowest BCUT2D eigenvalue weighted by Gasteiger charge is -2.12. The fraction of sp³-hybridized carbons (Fsp3) is 0.471. The van der Waals surface area contributed by atoms with Crippen LogP contribution in [0, 0.1) is 12.7 Å². The van der Waals surface area contributed by atoms with E-state index in [9.17, 15) is 4.39 Å². The number of guanidine groups is 1. The summed E-state index contributed by atoms with van der Waals surface area (Å²) in [5, 5.41) is 14.1. The van der Waals surface area contributed by atoms with Gasteiger partial charge < -0.3 is 15.2 Å². The highest BCUT2D eigenvalue weighted by molar-refractivity contribution is 5.79. The molecule has 0 spiro atoms. The van der Waals surface area contributed by atoms with E-state index in [0.717, 1.165) is 56.0 Å². The fourth-order valence-corrected chi connectivity index (χ4v) is 2.44. The molecule has 0 fully saturated rings. The molecule has 2 rings (SSSR count). The minimum atomic E-state index is -0.187. The molecule has 2 aromatic rings. The summed E-state index contributed by atoms with van der Waals surface area (Å²) in [6.45, 7) is 4.47. The molecule has 6 nitrogen and oxygen atoms in total. The van der Waals surface area contributed by atoms with Crippen molar-refractivity contribution in [2.45, 2.75) is 32.7 Å². The Labute approximate surface area is 142 Å². The maximum atomic E-state index is 13.1. The van der Waals surface area contributed by atoms with Crippen molar-refractivity contribution < 1.29 is 4.39 Å². The van der Waals surface area contributed by atoms with Crippen LogP contribution >= 0.6 is 0 Å². The average Bonchev–Trinajstić information content (AvgIpc) is 3.08. The minimum absolute atomic E-state index is 0.187. The van der Waals surface area contributed by atoms with Gasteiger partial charge in [-0.25, -0.2) is 4.39 Å². The predicted octanol–water partition coefficient (Wildman–Crippen LogP) is 1.91. The molecule has 1 aromatic heterocycles. The zero-order valence-corrected chi connectivity index (χ0v) is 14.3. The van der Waals surface area contributed by atoms with Crippen molar-refractivity contribution in [3.05, 3.63) is 47.8 Å². The van der Waals surface area contributed by atoms with E-state index < -0.39 is 0 Å². The molecule has 0 saturated heterocycles. The van der Waals surface area contributed by atoms with Crippen LogP contribution in [0.15, 0.2) is 35.8 Å². The molecule has 0 atom stereocenters. The van der Waals surface area contributed by atoms with Crippen LogP contribution in [0.25, 0.3) is 0 Å². The highest BCUT2D eigenvalue weighted by Gasteiger charge is 2.02. The molecule has 24 heavy (non-hydrogen) atoms. The lowest BCUT2D eigenvalue weighted by Crippen LogP contribution is -2.38. The smallest absolute Gasteiger partial charge is 0.190 e. The van der Waals surface area contributed by atoms with Gasteiger partial charge in [0.25, 0.3) is 0 Å². The van der Waals surface area contributed by atoms with Crippen LogP contribution in [0.1, 0.15) is 24.0 Å². The van der Waals surface area contributed by atoms with Gasteiger partial charge in [-0.15, -0.1) is 10.2 Å². The number of hydrogen-bond donors (Lipinski definition) is 2. The number of aromatic nitrogens is 3. The fourth-order valence-electron chi connectivity index (χ4n) is 2.44. The number of aliphatic imine (C=N–C) groups is 1. The van der Waals surface area contributed by atoms with Gasteiger partial charge in [-0.3, -0.25) is 4.99 Å². The van der Waals surface area contributed by atoms with Gasteiger partial charge in [0.05, 0.1) is 0 Å². The molecule has 0 saturated carbocycles. The summed E-state index contributed by atoms with van der Waals surface area (Å²) in [5.41, 5.74) is 2.13. The van der Waals surface area contributed by atoms with Gasteiger partial charge in [0.2, 0.25) is 0 Å². The predicted molar refractivity (Wildman–Crippen MR) is 93.5 cm³/mol. The summed E-state index contributed by atoms with van der Waals surface area (Å²) >= 11 is 0. The summed E-state index contributed by atoms with van der Waals surface area (Å²) < 4.78 is 15.1. The van der Waals surface area contributed by atoms with Crippen LogP contribution in [-0.4, -0.2) is 40.9 Å². The Balaban J connectivity index is 1.61. The van der Waals surface area contributed by atoms with Crippen molar-refractivity contribution in [1.29, 1.82) is 0 Å². The third kappa shape index (κ3) is 5.98. The van der Waals surface area contributed by atoms with Crippen molar-refractivity contribution in [3.63, 3.8) is 0 Å². The van der Waals surface area contributed by atoms with Gasteiger partial charge in [-0.2, -0.15) is 0 Å². The third-order valence-electron chi connectivity index (χ3n) is 3.82. The lowest BCUT2D eigenvalue weighted by molar-refractivity contribution is 0.597. The molecule has 0 aliphatic carbocycles. The number of benzene rings is 1. The van der Waals surface area contributed by atoms with Crippen LogP contribution in [0.3, 0.4) is 0 Å². The van der Waals surface area contributed by atoms with E-state index >= 15 is 0 Å². The number of hydrogen-bond acceptors (Lipinski definition) is 3. The first kappa shape index (κ1) is 17.9. The largest absolute Gasteiger partial charge is 0.356 e. The van der Waals surface area contributed by atoms with E-state index in [4.69, 9.17) is 0 Å². The van der Waals surface area contributed by atoms with E-state index in [1.807, 2.05) is 17.6 Å². The number of halogens is 1. The molecule has 130 valence electrons. The van der Waals surface area contributed by atoms with Gasteiger partial charge in [-0.1, -0.05) is 6.07 Å². The van der Waals surface area contributed by atoms with E-state index in [-0.39, 0.29) is 5.82 Å². The van der Waals surface area contributed by atoms with Crippen LogP contribution in [0.4, 0.5) is 4.39 Å². The number of nitrogens with zero attached hydrogens (tertiary/aromatic N) is 4. The number of unbranched alkanes of at least 4 members (excludes halogenated alkanes) is 1. The third-order valence-corrected chi connectivity index (χ3v) is 3.82. The van der Waals surface area contributed by atoms with E-state index in [1.165, 1.54) is 6.07 Å². The van der Waals surface area contributed by atoms with E-state index in [1.54, 1.807) is 25.8 Å². The minimum Gasteiger partial charge on any atom is -0.356 e. The zero-order chi connectivity index (χ0) is 17.2. The standard InChI is InChI=1S/C17H25FN6/c1-14-11-16(18)6-5-15(14)7-9-21-17(19-2)20-8-3-4-10-24-12-22-23-13-24/h5-6,11-13H,3-4,7-10H2,1-2H3,(H2,19,20,21). The molecule has 0 bridgehead atoms. The number of aryl methyl sites for hydroxylation is 2. The van der Waals surface area contributed by atoms with E-state index in [0.29, 0.717) is 0 Å². The Hall–Kier alpha value is -2.44. The van der Waals surface area contributed by atoms with Crippen molar-refractivity contribution in [1.82, 2.24) is 25.4 Å². The molecular weight excluding hydrogens is 307 g/mol. The van der Waals surface area contributed by atoms with Crippen LogP contribution in [0.2, 0.25) is 0 Å². The van der Waals surface area contributed by atoms with Crippen LogP contribution in [-0.2, 0) is 13.0 Å². The normalized spacial score (nSPS) is 11.5. The van der Waals surface area contributed by atoms with Crippen molar-refractivity contribution in [2.24, 2.45) is 4.99 Å². The Morgan fingerprint density at radius 2 is 1.92 bits per heavy atom. The second kappa shape index (κ2) is 9.64. The van der Waals surface area contributed by atoms with Gasteiger partial charge in [0.1, 0.15) is 18.5 Å². The molecule has 0 aliphatic heterocycles. The second-order valence-electron chi connectivity index (χ2n) is 5.65. The lowest BCUT2D eigenvalue weighted by atomic mass is 10.1. The molecule has 0 amide bonds. The quantitative estimate of drug-likeness (QED) is 0.440. The maximum absolute atomic E-state index is 13.1. The summed E-state index contributed by atoms with van der Waals surface area (Å²) in [7, 11) is 1.76. The summed E-state index contributed by atoms with van der Waals surface area (Å²) in [4.78, 5) is 4.21. The number of nitrogens with one attached hydrogen (secondary N) is 2. The Morgan fingerprint density at radius 1 is 1.17 bits per heavy atom. The molecule has 0 unspecified atom stereocenters. The van der Waals surface area contributed by atoms with Gasteiger partial charge in [-0.05, 0) is 49.4 Å². The Kier molecular flexibility index (Phi) is 7.20. The highest BCUT2D eigenvalue weighted by atomic mass is 19.1. The zero-order valence-electron chi connectivity index (χ0n) is 14.3. The maximum Gasteiger partial charge on any atom is 0.190 e. The topological polar surface area (TPSA) is 67.1 Å². The second-order valence-corrected chi connectivity index (χ2v) is 5.65. The summed E-state index contributed by atoms with van der Waals surface area (Å²) in [6, 6.07) is 4.91. The monoisotopic (exact) mass is 332 g/mol. The van der Waals surface area contributed by atoms with Gasteiger partial charge in [0.15, 0.2) is 5.96 Å². The Morgan fingerprint density at radius 3 is 2.62 bits per heavy atom. The number of rotatable bonds is 8. The molecular formula is C17H25FN6. The first-order valence-corrected chi connectivity index (χ1v) is 8.21. The van der Waals surface area contributed by atoms with Crippen molar-refractivity contribution >= 4 is 5.96 Å². The van der Waals surface area contributed by atoms with Gasteiger partial charge >= 0.3 is 0 Å². The van der Waals surface area contributed by atoms with Crippen LogP contribution < -0.4 is 10.6 Å². The first-order chi connectivity index (χ1) is 11.7. The molecule has 1 heterocycles. The van der Waals surface area contributed by atoms with Crippen molar-refractivity contribution in [2.75, 3.05) is 20.1 Å². The summed E-state index contributed by atoms with van der Waals surface area (Å²) in [6.07, 6.45) is 6.38. The van der Waals surface area contributed by atoms with Crippen LogP contribution in [0.5, 0.6) is 0 Å². The van der Waals surface area contributed by atoms with Crippen molar-refractivity contribution in [3.8, 4) is 0 Å². The van der Waals surface area contributed by atoms with Gasteiger partial charge in [0, 0.05) is 26.7 Å². The molecule has 0 radical (unpaired) electrons. The van der Waals surface area contributed by atoms with E-state index in [2.05, 4.69) is 25.8 Å². The Bertz CT molecular complexity index is 639. The summed E-state index contributed by atoms with van der Waals surface area (Å²) in [5.74, 6) is 0.604. The molecule has 1 aromatic carbocycles.